The molecule has 1 saturated carbocycles. The molecule has 1 aromatic rings. The van der Waals surface area contributed by atoms with Gasteiger partial charge in [-0.25, -0.2) is 0 Å². The number of thioether (sulfide) groups is 1. The lowest BCUT2D eigenvalue weighted by Crippen LogP contribution is -2.46. The molecule has 1 fully saturated rings. The van der Waals surface area contributed by atoms with Crippen LogP contribution >= 0.6 is 11.8 Å². The summed E-state index contributed by atoms with van der Waals surface area (Å²) in [6.07, 6.45) is 3.44. The Labute approximate surface area is 140 Å². The van der Waals surface area contributed by atoms with E-state index in [0.29, 0.717) is 18.6 Å². The highest BCUT2D eigenvalue weighted by Crippen LogP contribution is 2.28. The molecule has 0 bridgehead atoms. The van der Waals surface area contributed by atoms with Crippen molar-refractivity contribution < 1.29 is 14.3 Å². The number of hydrogen-bond acceptors (Lipinski definition) is 5. The molecule has 0 aromatic heterocycles. The smallest absolute Gasteiger partial charge is 0.307 e. The van der Waals surface area contributed by atoms with Gasteiger partial charge < -0.3 is 10.1 Å². The van der Waals surface area contributed by atoms with Gasteiger partial charge in [0.2, 0.25) is 0 Å². The number of carbonyl (C=O) groups is 2. The molecule has 0 atom stereocenters. The van der Waals surface area contributed by atoms with Gasteiger partial charge in [-0.3, -0.25) is 9.59 Å². The molecule has 1 aliphatic carbocycles. The Kier molecular flexibility index (Phi) is 6.48. The first-order valence-corrected chi connectivity index (χ1v) is 8.68. The van der Waals surface area contributed by atoms with Gasteiger partial charge >= 0.3 is 5.97 Å². The number of nitrogens with zero attached hydrogens (tertiary/aromatic N) is 1. The predicted octanol–water partition coefficient (Wildman–Crippen LogP) is 2.66. The number of nitriles is 1. The van der Waals surface area contributed by atoms with Crippen LogP contribution in [-0.2, 0) is 14.3 Å². The van der Waals surface area contributed by atoms with Gasteiger partial charge in [0.1, 0.15) is 5.54 Å². The molecule has 1 aliphatic rings. The normalized spacial score (nSPS) is 15.6. The van der Waals surface area contributed by atoms with Crippen LogP contribution in [0, 0.1) is 11.3 Å². The topological polar surface area (TPSA) is 79.2 Å². The summed E-state index contributed by atoms with van der Waals surface area (Å²) in [7, 11) is 0. The molecule has 0 spiro atoms. The van der Waals surface area contributed by atoms with Crippen molar-refractivity contribution in [2.45, 2.75) is 42.5 Å². The van der Waals surface area contributed by atoms with Crippen molar-refractivity contribution in [1.82, 2.24) is 5.32 Å². The van der Waals surface area contributed by atoms with Crippen LogP contribution < -0.4 is 5.32 Å². The number of carbonyl (C=O) groups excluding carboxylic acids is 2. The maximum Gasteiger partial charge on any atom is 0.307 e. The van der Waals surface area contributed by atoms with Crippen LogP contribution in [0.3, 0.4) is 0 Å². The van der Waals surface area contributed by atoms with Crippen LogP contribution in [0.1, 0.15) is 32.1 Å². The molecule has 5 nitrogen and oxygen atoms in total. The number of amides is 1. The maximum atomic E-state index is 11.8. The maximum absolute atomic E-state index is 11.8. The quantitative estimate of drug-likeness (QED) is 0.613. The van der Waals surface area contributed by atoms with Gasteiger partial charge in [0.05, 0.1) is 12.5 Å². The highest BCUT2D eigenvalue weighted by molar-refractivity contribution is 7.99. The first kappa shape index (κ1) is 17.4. The molecule has 23 heavy (non-hydrogen) atoms. The second-order valence-corrected chi connectivity index (χ2v) is 6.69. The van der Waals surface area contributed by atoms with Crippen molar-refractivity contribution in [1.29, 1.82) is 5.26 Å². The standard InChI is InChI=1S/C17H20N2O3S/c18-13-17(9-4-5-10-17)19-15(20)12-22-16(21)8-11-23-14-6-2-1-3-7-14/h1-3,6-7H,4-5,8-12H2,(H,19,20). The van der Waals surface area contributed by atoms with Crippen LogP contribution in [0.5, 0.6) is 0 Å². The number of rotatable bonds is 7. The Morgan fingerprint density at radius 2 is 1.96 bits per heavy atom. The summed E-state index contributed by atoms with van der Waals surface area (Å²) in [4.78, 5) is 24.6. The Morgan fingerprint density at radius 3 is 2.61 bits per heavy atom. The van der Waals surface area contributed by atoms with Crippen LogP contribution in [0.4, 0.5) is 0 Å². The summed E-state index contributed by atoms with van der Waals surface area (Å²) in [5.74, 6) is -0.203. The second-order valence-electron chi connectivity index (χ2n) is 5.52. The third-order valence-corrected chi connectivity index (χ3v) is 4.75. The molecule has 0 heterocycles. The van der Waals surface area contributed by atoms with Crippen LogP contribution in [-0.4, -0.2) is 29.8 Å². The van der Waals surface area contributed by atoms with E-state index >= 15 is 0 Å². The first-order chi connectivity index (χ1) is 11.1. The lowest BCUT2D eigenvalue weighted by molar-refractivity contribution is -0.148. The van der Waals surface area contributed by atoms with Crippen molar-refractivity contribution in [3.05, 3.63) is 30.3 Å². The van der Waals surface area contributed by atoms with E-state index in [1.165, 1.54) is 0 Å². The number of esters is 1. The van der Waals surface area contributed by atoms with Gasteiger partial charge in [0.25, 0.3) is 5.91 Å². The number of ether oxygens (including phenoxy) is 1. The molecule has 122 valence electrons. The molecule has 2 rings (SSSR count). The lowest BCUT2D eigenvalue weighted by Gasteiger charge is -2.21. The SMILES string of the molecule is N#CC1(NC(=O)COC(=O)CCSc2ccccc2)CCCC1. The summed E-state index contributed by atoms with van der Waals surface area (Å²) >= 11 is 1.57. The molecule has 0 unspecified atom stereocenters. The fraction of sp³-hybridized carbons (Fsp3) is 0.471. The Hall–Kier alpha value is -2.00. The molecular weight excluding hydrogens is 312 g/mol. The highest BCUT2D eigenvalue weighted by Gasteiger charge is 2.35. The summed E-state index contributed by atoms with van der Waals surface area (Å²) in [6.45, 7) is -0.321. The average molecular weight is 332 g/mol. The molecule has 1 aromatic carbocycles. The zero-order valence-electron chi connectivity index (χ0n) is 12.9. The van der Waals surface area contributed by atoms with Gasteiger partial charge in [-0.1, -0.05) is 18.2 Å². The van der Waals surface area contributed by atoms with E-state index in [0.717, 1.165) is 17.7 Å². The van der Waals surface area contributed by atoms with Crippen molar-refractivity contribution in [3.63, 3.8) is 0 Å². The summed E-state index contributed by atoms with van der Waals surface area (Å²) in [5.41, 5.74) is -0.771. The van der Waals surface area contributed by atoms with E-state index in [1.54, 1.807) is 11.8 Å². The van der Waals surface area contributed by atoms with Crippen LogP contribution in [0.15, 0.2) is 35.2 Å². The number of hydrogen-bond donors (Lipinski definition) is 1. The zero-order valence-corrected chi connectivity index (χ0v) is 13.7. The fourth-order valence-corrected chi connectivity index (χ4v) is 3.39. The van der Waals surface area contributed by atoms with Crippen molar-refractivity contribution in [2.24, 2.45) is 0 Å². The Morgan fingerprint density at radius 1 is 1.26 bits per heavy atom. The molecule has 0 saturated heterocycles. The highest BCUT2D eigenvalue weighted by atomic mass is 32.2. The molecule has 0 radical (unpaired) electrons. The zero-order chi connectivity index (χ0) is 16.5. The summed E-state index contributed by atoms with van der Waals surface area (Å²) < 4.78 is 4.97. The summed E-state index contributed by atoms with van der Waals surface area (Å²) in [5, 5.41) is 11.9. The fourth-order valence-electron chi connectivity index (χ4n) is 2.53. The minimum absolute atomic E-state index is 0.246. The van der Waals surface area contributed by atoms with Crippen molar-refractivity contribution in [2.75, 3.05) is 12.4 Å². The Balaban J connectivity index is 1.64. The molecule has 1 N–H and O–H groups in total. The first-order valence-electron chi connectivity index (χ1n) is 7.69. The lowest BCUT2D eigenvalue weighted by atomic mass is 10.00. The van der Waals surface area contributed by atoms with E-state index < -0.39 is 17.4 Å². The largest absolute Gasteiger partial charge is 0.456 e. The third kappa shape index (κ3) is 5.61. The van der Waals surface area contributed by atoms with Gasteiger partial charge in [-0.05, 0) is 37.8 Å². The number of nitrogens with one attached hydrogen (secondary N) is 1. The van der Waals surface area contributed by atoms with Crippen molar-refractivity contribution >= 4 is 23.6 Å². The van der Waals surface area contributed by atoms with Crippen molar-refractivity contribution in [3.8, 4) is 6.07 Å². The molecular formula is C17H20N2O3S. The summed E-state index contributed by atoms with van der Waals surface area (Å²) in [6, 6.07) is 12.0. The van der Waals surface area contributed by atoms with Gasteiger partial charge in [-0.2, -0.15) is 5.26 Å². The second kappa shape index (κ2) is 8.59. The third-order valence-electron chi connectivity index (χ3n) is 3.73. The predicted molar refractivity (Wildman–Crippen MR) is 87.7 cm³/mol. The van der Waals surface area contributed by atoms with E-state index in [2.05, 4.69) is 11.4 Å². The van der Waals surface area contributed by atoms with E-state index in [-0.39, 0.29) is 13.0 Å². The minimum Gasteiger partial charge on any atom is -0.456 e. The minimum atomic E-state index is -0.771. The van der Waals surface area contributed by atoms with E-state index in [9.17, 15) is 14.9 Å². The molecule has 0 aliphatic heterocycles. The molecule has 6 heteroatoms. The van der Waals surface area contributed by atoms with Crippen LogP contribution in [0.25, 0.3) is 0 Å². The average Bonchev–Trinajstić information content (AvgIpc) is 3.03. The van der Waals surface area contributed by atoms with Gasteiger partial charge in [-0.15, -0.1) is 11.8 Å². The monoisotopic (exact) mass is 332 g/mol. The Bertz CT molecular complexity index is 577. The van der Waals surface area contributed by atoms with Crippen LogP contribution in [0.2, 0.25) is 0 Å². The molecule has 1 amide bonds. The van der Waals surface area contributed by atoms with Gasteiger partial charge in [0, 0.05) is 10.6 Å². The number of benzene rings is 1. The van der Waals surface area contributed by atoms with Gasteiger partial charge in [0.15, 0.2) is 6.61 Å². The van der Waals surface area contributed by atoms with E-state index in [1.807, 2.05) is 30.3 Å². The van der Waals surface area contributed by atoms with E-state index in [4.69, 9.17) is 4.74 Å².